The minimum atomic E-state index is -1.30. The molecule has 0 radical (unpaired) electrons. The Kier molecular flexibility index (Phi) is 4.65. The van der Waals surface area contributed by atoms with Crippen LogP contribution >= 0.6 is 0 Å². The van der Waals surface area contributed by atoms with Crippen LogP contribution in [-0.4, -0.2) is 58.1 Å². The van der Waals surface area contributed by atoms with Crippen LogP contribution in [0.25, 0.3) is 0 Å². The quantitative estimate of drug-likeness (QED) is 0.592. The lowest BCUT2D eigenvalue weighted by Gasteiger charge is -2.69. The molecule has 10 atom stereocenters. The van der Waals surface area contributed by atoms with Gasteiger partial charge in [-0.3, -0.25) is 19.2 Å². The molecule has 2 saturated heterocycles. The van der Waals surface area contributed by atoms with Crippen LogP contribution in [0, 0.1) is 39.9 Å². The first-order valence-corrected chi connectivity index (χ1v) is 11.8. The predicted octanol–water partition coefficient (Wildman–Crippen LogP) is 1.36. The fourth-order valence-corrected chi connectivity index (χ4v) is 8.54. The summed E-state index contributed by atoms with van der Waals surface area (Å²) >= 11 is 0. The van der Waals surface area contributed by atoms with E-state index in [9.17, 15) is 29.4 Å². The third-order valence-corrected chi connectivity index (χ3v) is 9.97. The highest BCUT2D eigenvalue weighted by molar-refractivity contribution is 5.97. The molecule has 8 heteroatoms. The van der Waals surface area contributed by atoms with Crippen LogP contribution in [0.1, 0.15) is 53.4 Å². The van der Waals surface area contributed by atoms with Crippen molar-refractivity contribution < 1.29 is 38.9 Å². The van der Waals surface area contributed by atoms with Crippen LogP contribution in [0.15, 0.2) is 12.2 Å². The third kappa shape index (κ3) is 2.77. The molecule has 2 heterocycles. The molecular formula is C25H32O8. The lowest BCUT2D eigenvalue weighted by atomic mass is 9.35. The van der Waals surface area contributed by atoms with Gasteiger partial charge < -0.3 is 19.7 Å². The van der Waals surface area contributed by atoms with Crippen molar-refractivity contribution in [2.45, 2.75) is 71.2 Å². The van der Waals surface area contributed by atoms with Crippen molar-refractivity contribution in [3.63, 3.8) is 0 Å². The summed E-state index contributed by atoms with van der Waals surface area (Å²) in [6.07, 6.45) is 1.54. The van der Waals surface area contributed by atoms with Crippen molar-refractivity contribution in [3.8, 4) is 0 Å². The number of ether oxygens (including phenoxy) is 2. The lowest BCUT2D eigenvalue weighted by Crippen LogP contribution is -2.74. The highest BCUT2D eigenvalue weighted by Crippen LogP contribution is 2.70. The van der Waals surface area contributed by atoms with E-state index in [0.29, 0.717) is 0 Å². The van der Waals surface area contributed by atoms with Crippen LogP contribution in [-0.2, 0) is 28.7 Å². The summed E-state index contributed by atoms with van der Waals surface area (Å²) in [6, 6.07) is 0. The van der Waals surface area contributed by atoms with Crippen molar-refractivity contribution >= 4 is 23.5 Å². The van der Waals surface area contributed by atoms with Gasteiger partial charge in [0, 0.05) is 34.5 Å². The number of allylic oxidation sites excluding steroid dienone is 1. The van der Waals surface area contributed by atoms with Crippen LogP contribution in [0.2, 0.25) is 0 Å². The van der Waals surface area contributed by atoms with Crippen LogP contribution in [0.5, 0.6) is 0 Å². The molecule has 33 heavy (non-hydrogen) atoms. The molecule has 0 aromatic heterocycles. The maximum absolute atomic E-state index is 13.8. The zero-order chi connectivity index (χ0) is 24.1. The molecule has 0 bridgehead atoms. The van der Waals surface area contributed by atoms with E-state index >= 15 is 0 Å². The van der Waals surface area contributed by atoms with Gasteiger partial charge in [-0.2, -0.15) is 0 Å². The van der Waals surface area contributed by atoms with E-state index in [1.807, 2.05) is 6.92 Å². The Morgan fingerprint density at radius 3 is 2.39 bits per heavy atom. The number of cyclic esters (lactones) is 1. The molecular weight excluding hydrogens is 428 g/mol. The first kappa shape index (κ1) is 22.7. The van der Waals surface area contributed by atoms with Gasteiger partial charge in [0.25, 0.3) is 0 Å². The standard InChI is InChI=1S/C25H32O8/c1-22(21(30)12-7-18(28)32-11-12)10-13(26)20-24(3)15(23(2,31)6-5-16(24)27)8-17-25(20,4)14(22)9-19(29)33-17/h5-6,12-15,17,20,26,31H,7-11H2,1-4H3/t12-,13-,14+,15+,17-,20-,22-,23-,24-,25-/m1/s1. The van der Waals surface area contributed by atoms with Gasteiger partial charge >= 0.3 is 11.9 Å². The van der Waals surface area contributed by atoms with Crippen molar-refractivity contribution in [3.05, 3.63) is 12.2 Å². The molecule has 180 valence electrons. The van der Waals surface area contributed by atoms with Gasteiger partial charge in [0.05, 0.1) is 24.0 Å². The number of Topliss-reactive ketones (excluding diaryl/α,β-unsaturated/α-hetero) is 1. The molecule has 5 aliphatic rings. The average molecular weight is 461 g/mol. The van der Waals surface area contributed by atoms with Crippen molar-refractivity contribution in [1.29, 1.82) is 0 Å². The summed E-state index contributed by atoms with van der Waals surface area (Å²) in [7, 11) is 0. The maximum Gasteiger partial charge on any atom is 0.306 e. The minimum absolute atomic E-state index is 0.00114. The number of carbonyl (C=O) groups is 4. The molecule has 3 aliphatic carbocycles. The number of fused-ring (bicyclic) bond motifs is 2. The summed E-state index contributed by atoms with van der Waals surface area (Å²) in [5, 5.41) is 22.8. The monoisotopic (exact) mass is 460 g/mol. The molecule has 8 nitrogen and oxygen atoms in total. The third-order valence-electron chi connectivity index (χ3n) is 9.97. The van der Waals surface area contributed by atoms with Crippen molar-refractivity contribution in [2.24, 2.45) is 39.9 Å². The Bertz CT molecular complexity index is 983. The largest absolute Gasteiger partial charge is 0.465 e. The zero-order valence-corrected chi connectivity index (χ0v) is 19.5. The summed E-state index contributed by atoms with van der Waals surface area (Å²) in [4.78, 5) is 51.6. The number of ketones is 2. The minimum Gasteiger partial charge on any atom is -0.465 e. The molecule has 0 unspecified atom stereocenters. The number of hydrogen-bond acceptors (Lipinski definition) is 8. The predicted molar refractivity (Wildman–Crippen MR) is 113 cm³/mol. The van der Waals surface area contributed by atoms with E-state index in [1.165, 1.54) is 12.2 Å². The molecule has 0 spiro atoms. The smallest absolute Gasteiger partial charge is 0.306 e. The molecule has 4 fully saturated rings. The van der Waals surface area contributed by atoms with Gasteiger partial charge in [-0.05, 0) is 37.8 Å². The summed E-state index contributed by atoms with van der Waals surface area (Å²) in [5.41, 5.74) is -4.33. The topological polar surface area (TPSA) is 127 Å². The maximum atomic E-state index is 13.8. The van der Waals surface area contributed by atoms with E-state index in [1.54, 1.807) is 20.8 Å². The molecule has 5 rings (SSSR count). The first-order chi connectivity index (χ1) is 15.3. The number of aliphatic hydroxyl groups is 2. The van der Waals surface area contributed by atoms with E-state index in [-0.39, 0.29) is 43.9 Å². The van der Waals surface area contributed by atoms with Crippen LogP contribution in [0.4, 0.5) is 0 Å². The fraction of sp³-hybridized carbons (Fsp3) is 0.760. The Hall–Kier alpha value is -2.06. The number of rotatable bonds is 2. The molecule has 0 aromatic carbocycles. The fourth-order valence-electron chi connectivity index (χ4n) is 8.54. The Labute approximate surface area is 192 Å². The molecule has 2 aliphatic heterocycles. The van der Waals surface area contributed by atoms with Gasteiger partial charge in [0.1, 0.15) is 18.5 Å². The summed E-state index contributed by atoms with van der Waals surface area (Å²) in [5.74, 6) is -3.44. The van der Waals surface area contributed by atoms with Gasteiger partial charge in [-0.1, -0.05) is 20.8 Å². The second kappa shape index (κ2) is 6.75. The van der Waals surface area contributed by atoms with Crippen molar-refractivity contribution in [1.82, 2.24) is 0 Å². The Morgan fingerprint density at radius 1 is 1.06 bits per heavy atom. The number of carbonyl (C=O) groups excluding carboxylic acids is 4. The van der Waals surface area contributed by atoms with E-state index in [2.05, 4.69) is 0 Å². The van der Waals surface area contributed by atoms with E-state index in [0.717, 1.165) is 0 Å². The molecule has 2 N–H and O–H groups in total. The average Bonchev–Trinajstić information content (AvgIpc) is 3.15. The number of esters is 2. The van der Waals surface area contributed by atoms with Gasteiger partial charge in [-0.15, -0.1) is 0 Å². The second-order valence-corrected chi connectivity index (χ2v) is 11.7. The highest BCUT2D eigenvalue weighted by atomic mass is 16.5. The highest BCUT2D eigenvalue weighted by Gasteiger charge is 2.75. The van der Waals surface area contributed by atoms with Crippen LogP contribution in [0.3, 0.4) is 0 Å². The lowest BCUT2D eigenvalue weighted by molar-refractivity contribution is -0.276. The molecule has 0 aromatic rings. The van der Waals surface area contributed by atoms with E-state index in [4.69, 9.17) is 9.47 Å². The Morgan fingerprint density at radius 2 is 1.76 bits per heavy atom. The second-order valence-electron chi connectivity index (χ2n) is 11.7. The Balaban J connectivity index is 1.65. The SMILES string of the molecule is C[C@]12C(=O)C=C[C@@](C)(O)[C@@H]1C[C@H]1OC(=O)C[C@@H]3[C@@]1(C)[C@@H]2[C@H](O)C[C@@]3(C)C(=O)[C@H]1COC(=O)C1. The summed E-state index contributed by atoms with van der Waals surface area (Å²) < 4.78 is 10.9. The van der Waals surface area contributed by atoms with Gasteiger partial charge in [-0.25, -0.2) is 0 Å². The normalized spacial score (nSPS) is 53.1. The summed E-state index contributed by atoms with van der Waals surface area (Å²) in [6.45, 7) is 7.15. The molecule has 0 amide bonds. The van der Waals surface area contributed by atoms with E-state index < -0.39 is 69.7 Å². The first-order valence-electron chi connectivity index (χ1n) is 11.8. The van der Waals surface area contributed by atoms with Gasteiger partial charge in [0.15, 0.2) is 5.78 Å². The number of aliphatic hydroxyl groups excluding tert-OH is 1. The van der Waals surface area contributed by atoms with Crippen LogP contribution < -0.4 is 0 Å². The zero-order valence-electron chi connectivity index (χ0n) is 19.5. The molecule has 2 saturated carbocycles. The van der Waals surface area contributed by atoms with Gasteiger partial charge in [0.2, 0.25) is 0 Å². The van der Waals surface area contributed by atoms with Crippen molar-refractivity contribution in [2.75, 3.05) is 6.61 Å². The number of hydrogen-bond donors (Lipinski definition) is 2.